The number of amides is 1. The fraction of sp³-hybridized carbons (Fsp3) is 0.154. The predicted molar refractivity (Wildman–Crippen MR) is 71.3 cm³/mol. The highest BCUT2D eigenvalue weighted by Crippen LogP contribution is 2.29. The van der Waals surface area contributed by atoms with Crippen LogP contribution in [0.1, 0.15) is 21.6 Å². The third kappa shape index (κ3) is 1.97. The zero-order chi connectivity index (χ0) is 13.4. The molecule has 0 bridgehead atoms. The van der Waals surface area contributed by atoms with Crippen molar-refractivity contribution in [3.05, 3.63) is 47.4 Å². The van der Waals surface area contributed by atoms with E-state index < -0.39 is 5.91 Å². The molecule has 4 N–H and O–H groups in total. The van der Waals surface area contributed by atoms with Crippen LogP contribution in [-0.2, 0) is 13.1 Å². The number of aromatic nitrogens is 2. The minimum Gasteiger partial charge on any atom is -0.399 e. The third-order valence-electron chi connectivity index (χ3n) is 3.16. The smallest absolute Gasteiger partial charge is 0.271 e. The number of nitrogen functional groups attached to an aromatic ring is 1. The Morgan fingerprint density at radius 1 is 1.16 bits per heavy atom. The summed E-state index contributed by atoms with van der Waals surface area (Å²) < 4.78 is 0. The molecular weight excluding hydrogens is 242 g/mol. The summed E-state index contributed by atoms with van der Waals surface area (Å²) in [7, 11) is 0. The van der Waals surface area contributed by atoms with Crippen LogP contribution in [0.5, 0.6) is 0 Å². The summed E-state index contributed by atoms with van der Waals surface area (Å²) in [5.41, 5.74) is 14.3. The minimum atomic E-state index is -0.571. The Hall–Kier alpha value is -2.63. The van der Waals surface area contributed by atoms with E-state index in [1.54, 1.807) is 6.20 Å². The number of anilines is 2. The van der Waals surface area contributed by atoms with Gasteiger partial charge in [0.15, 0.2) is 11.5 Å². The van der Waals surface area contributed by atoms with Crippen molar-refractivity contribution in [2.45, 2.75) is 13.1 Å². The van der Waals surface area contributed by atoms with Crippen molar-refractivity contribution < 1.29 is 4.79 Å². The van der Waals surface area contributed by atoms with Crippen LogP contribution in [-0.4, -0.2) is 15.9 Å². The van der Waals surface area contributed by atoms with Gasteiger partial charge in [-0.25, -0.2) is 9.97 Å². The normalized spacial score (nSPS) is 13.4. The molecule has 3 rings (SSSR count). The Kier molecular flexibility index (Phi) is 2.56. The average molecular weight is 255 g/mol. The fourth-order valence-electron chi connectivity index (χ4n) is 2.30. The molecule has 1 aliphatic rings. The molecular formula is C13H13N5O. The average Bonchev–Trinajstić information content (AvgIpc) is 2.81. The quantitative estimate of drug-likeness (QED) is 0.769. The molecule has 1 aromatic heterocycles. The lowest BCUT2D eigenvalue weighted by atomic mass is 10.1. The van der Waals surface area contributed by atoms with Crippen LogP contribution in [0, 0.1) is 0 Å². The number of hydrogen-bond donors (Lipinski definition) is 2. The van der Waals surface area contributed by atoms with E-state index >= 15 is 0 Å². The monoisotopic (exact) mass is 255 g/mol. The molecule has 0 spiro atoms. The van der Waals surface area contributed by atoms with Crippen LogP contribution in [0.4, 0.5) is 11.5 Å². The lowest BCUT2D eigenvalue weighted by Crippen LogP contribution is -2.23. The highest BCUT2D eigenvalue weighted by molar-refractivity contribution is 5.95. The zero-order valence-corrected chi connectivity index (χ0v) is 10.2. The van der Waals surface area contributed by atoms with Gasteiger partial charge in [0.2, 0.25) is 0 Å². The van der Waals surface area contributed by atoms with Crippen LogP contribution in [0.2, 0.25) is 0 Å². The number of carbonyl (C=O) groups is 1. The summed E-state index contributed by atoms with van der Waals surface area (Å²) in [5.74, 6) is -0.0525. The maximum absolute atomic E-state index is 11.4. The minimum absolute atomic E-state index is 0.197. The Morgan fingerprint density at radius 3 is 2.68 bits per heavy atom. The highest BCUT2D eigenvalue weighted by Gasteiger charge is 2.24. The molecule has 0 fully saturated rings. The molecule has 6 nitrogen and oxygen atoms in total. The van der Waals surface area contributed by atoms with Gasteiger partial charge in [0.25, 0.3) is 5.91 Å². The molecule has 0 saturated carbocycles. The second kappa shape index (κ2) is 4.24. The first kappa shape index (κ1) is 11.5. The molecule has 6 heteroatoms. The third-order valence-corrected chi connectivity index (χ3v) is 3.16. The van der Waals surface area contributed by atoms with Gasteiger partial charge in [0, 0.05) is 31.2 Å². The first-order valence-corrected chi connectivity index (χ1v) is 5.88. The van der Waals surface area contributed by atoms with E-state index in [2.05, 4.69) is 9.97 Å². The summed E-state index contributed by atoms with van der Waals surface area (Å²) in [6.07, 6.45) is 3.02. The molecule has 2 heterocycles. The van der Waals surface area contributed by atoms with Gasteiger partial charge in [-0.2, -0.15) is 0 Å². The van der Waals surface area contributed by atoms with Crippen LogP contribution in [0.15, 0.2) is 30.6 Å². The van der Waals surface area contributed by atoms with Crippen molar-refractivity contribution in [3.8, 4) is 0 Å². The largest absolute Gasteiger partial charge is 0.399 e. The fourth-order valence-corrected chi connectivity index (χ4v) is 2.30. The zero-order valence-electron chi connectivity index (χ0n) is 10.2. The van der Waals surface area contributed by atoms with Crippen molar-refractivity contribution in [1.82, 2.24) is 9.97 Å². The second-order valence-electron chi connectivity index (χ2n) is 4.48. The molecule has 1 aliphatic heterocycles. The van der Waals surface area contributed by atoms with Crippen LogP contribution >= 0.6 is 0 Å². The van der Waals surface area contributed by atoms with E-state index in [-0.39, 0.29) is 5.69 Å². The van der Waals surface area contributed by atoms with Gasteiger partial charge < -0.3 is 16.4 Å². The van der Waals surface area contributed by atoms with Crippen molar-refractivity contribution in [1.29, 1.82) is 0 Å². The number of primary amides is 1. The first-order chi connectivity index (χ1) is 9.15. The lowest BCUT2D eigenvalue weighted by molar-refractivity contribution is 0.0995. The van der Waals surface area contributed by atoms with Crippen LogP contribution in [0.25, 0.3) is 0 Å². The number of benzene rings is 1. The molecule has 0 aliphatic carbocycles. The van der Waals surface area contributed by atoms with Crippen LogP contribution < -0.4 is 16.4 Å². The number of nitrogens with zero attached hydrogens (tertiary/aromatic N) is 3. The van der Waals surface area contributed by atoms with Crippen molar-refractivity contribution in [2.24, 2.45) is 5.73 Å². The highest BCUT2D eigenvalue weighted by atomic mass is 16.1. The van der Waals surface area contributed by atoms with E-state index in [4.69, 9.17) is 11.5 Å². The second-order valence-corrected chi connectivity index (χ2v) is 4.48. The molecule has 19 heavy (non-hydrogen) atoms. The first-order valence-electron chi connectivity index (χ1n) is 5.88. The standard InChI is InChI=1S/C13H13N5O/c14-10-2-1-8-6-18(7-9(8)5-10)13-11(12(15)19)16-3-4-17-13/h1-5H,6-7,14H2,(H2,15,19). The number of carbonyl (C=O) groups excluding carboxylic acids is 1. The lowest BCUT2D eigenvalue weighted by Gasteiger charge is -2.17. The Balaban J connectivity index is 1.97. The summed E-state index contributed by atoms with van der Waals surface area (Å²) in [6, 6.07) is 5.80. The van der Waals surface area contributed by atoms with Crippen molar-refractivity contribution in [2.75, 3.05) is 10.6 Å². The van der Waals surface area contributed by atoms with Gasteiger partial charge in [0.05, 0.1) is 0 Å². The predicted octanol–water partition coefficient (Wildman–Crippen LogP) is 0.678. The maximum atomic E-state index is 11.4. The molecule has 0 radical (unpaired) electrons. The van der Waals surface area contributed by atoms with Gasteiger partial charge in [-0.05, 0) is 23.3 Å². The Bertz CT molecular complexity index is 655. The summed E-state index contributed by atoms with van der Waals surface area (Å²) >= 11 is 0. The van der Waals surface area contributed by atoms with Gasteiger partial charge in [-0.15, -0.1) is 0 Å². The Morgan fingerprint density at radius 2 is 1.89 bits per heavy atom. The van der Waals surface area contributed by atoms with Gasteiger partial charge in [-0.1, -0.05) is 6.07 Å². The Labute approximate surface area is 110 Å². The summed E-state index contributed by atoms with van der Waals surface area (Å²) in [6.45, 7) is 1.33. The van der Waals surface area contributed by atoms with Gasteiger partial charge in [-0.3, -0.25) is 4.79 Å². The SMILES string of the molecule is NC(=O)c1nccnc1N1Cc2ccc(N)cc2C1. The van der Waals surface area contributed by atoms with E-state index in [0.29, 0.717) is 18.9 Å². The van der Waals surface area contributed by atoms with E-state index in [9.17, 15) is 4.79 Å². The van der Waals surface area contributed by atoms with E-state index in [1.807, 2.05) is 23.1 Å². The summed E-state index contributed by atoms with van der Waals surface area (Å²) in [5, 5.41) is 0. The van der Waals surface area contributed by atoms with Crippen molar-refractivity contribution in [3.63, 3.8) is 0 Å². The molecule has 0 saturated heterocycles. The number of hydrogen-bond acceptors (Lipinski definition) is 5. The molecule has 1 amide bonds. The van der Waals surface area contributed by atoms with E-state index in [0.717, 1.165) is 11.3 Å². The van der Waals surface area contributed by atoms with Crippen molar-refractivity contribution >= 4 is 17.4 Å². The van der Waals surface area contributed by atoms with Gasteiger partial charge >= 0.3 is 0 Å². The summed E-state index contributed by atoms with van der Waals surface area (Å²) in [4.78, 5) is 21.6. The molecule has 0 atom stereocenters. The molecule has 0 unspecified atom stereocenters. The maximum Gasteiger partial charge on any atom is 0.271 e. The molecule has 2 aromatic rings. The van der Waals surface area contributed by atoms with E-state index in [1.165, 1.54) is 11.8 Å². The molecule has 96 valence electrons. The number of rotatable bonds is 2. The van der Waals surface area contributed by atoms with Crippen LogP contribution in [0.3, 0.4) is 0 Å². The number of fused-ring (bicyclic) bond motifs is 1. The van der Waals surface area contributed by atoms with Gasteiger partial charge in [0.1, 0.15) is 0 Å². The molecule has 1 aromatic carbocycles. The topological polar surface area (TPSA) is 98.1 Å². The number of nitrogens with two attached hydrogens (primary N) is 2.